The maximum atomic E-state index is 12.8. The number of pyridine rings is 4. The summed E-state index contributed by atoms with van der Waals surface area (Å²) < 4.78 is 4.32. The summed E-state index contributed by atoms with van der Waals surface area (Å²) in [6.45, 7) is 5.94. The number of hydrazone groups is 2. The van der Waals surface area contributed by atoms with E-state index >= 15 is 0 Å². The predicted octanol–water partition coefficient (Wildman–Crippen LogP) is 4.08. The Labute approximate surface area is 253 Å². The normalized spacial score (nSPS) is 11.6. The smallest absolute Gasteiger partial charge is 0.266 e. The van der Waals surface area contributed by atoms with E-state index in [-0.39, 0.29) is 17.0 Å². The Bertz CT molecular complexity index is 1960. The zero-order chi connectivity index (χ0) is 30.5. The maximum absolute atomic E-state index is 12.8. The molecule has 2 N–H and O–H groups in total. The first-order valence-electron chi connectivity index (χ1n) is 14.3. The molecule has 0 fully saturated rings. The van der Waals surface area contributed by atoms with Crippen molar-refractivity contribution < 1.29 is 18.7 Å². The lowest BCUT2D eigenvalue weighted by Crippen LogP contribution is -2.32. The lowest BCUT2D eigenvalue weighted by molar-refractivity contribution is -0.668. The molecule has 2 amide bonds. The van der Waals surface area contributed by atoms with Gasteiger partial charge < -0.3 is 0 Å². The highest BCUT2D eigenvalue weighted by atomic mass is 16.2. The molecular formula is C34H30N8O2+2. The Hall–Kier alpha value is -5.90. The van der Waals surface area contributed by atoms with Gasteiger partial charge in [-0.3, -0.25) is 9.59 Å². The minimum atomic E-state index is -0.492. The monoisotopic (exact) mass is 582 g/mol. The molecule has 0 aliphatic rings. The molecule has 6 aromatic rings. The van der Waals surface area contributed by atoms with Crippen LogP contribution in [0.2, 0.25) is 0 Å². The van der Waals surface area contributed by atoms with Crippen LogP contribution in [0.25, 0.3) is 32.8 Å². The number of carbonyl (C=O) groups excluding carboxylic acids is 2. The van der Waals surface area contributed by atoms with Gasteiger partial charge in [-0.05, 0) is 85.6 Å². The molecule has 0 bridgehead atoms. The van der Waals surface area contributed by atoms with Crippen LogP contribution in [0.4, 0.5) is 0 Å². The standard InChI is InChI=1S/C34H28N8O2/c1-3-41-17-5-7-26-19-23(9-15-30(26)41)21-35-39-33(43)28-13-11-25-12-14-29(38-32(25)37-28)34(44)40-36-22-24-10-16-31-27(20-24)8-6-18-42(31)4-2/h5-22H,3-4H2,1-2H3/p+2. The molecule has 0 atom stereocenters. The van der Waals surface area contributed by atoms with Crippen molar-refractivity contribution in [3.05, 3.63) is 120 Å². The summed E-state index contributed by atoms with van der Waals surface area (Å²) in [7, 11) is 0. The number of hydrogen-bond acceptors (Lipinski definition) is 6. The van der Waals surface area contributed by atoms with Gasteiger partial charge in [-0.25, -0.2) is 20.8 Å². The second kappa shape index (κ2) is 12.5. The maximum Gasteiger partial charge on any atom is 0.290 e. The first-order valence-corrected chi connectivity index (χ1v) is 14.3. The summed E-state index contributed by atoms with van der Waals surface area (Å²) in [6, 6.07) is 26.7. The van der Waals surface area contributed by atoms with E-state index in [1.807, 2.05) is 73.1 Å². The van der Waals surface area contributed by atoms with Crippen molar-refractivity contribution >= 4 is 57.1 Å². The number of benzene rings is 2. The van der Waals surface area contributed by atoms with Gasteiger partial charge in [0.2, 0.25) is 11.0 Å². The summed E-state index contributed by atoms with van der Waals surface area (Å²) in [5.74, 6) is -0.984. The summed E-state index contributed by atoms with van der Waals surface area (Å²) in [6.07, 6.45) is 7.25. The Morgan fingerprint density at radius 2 is 1.14 bits per heavy atom. The average Bonchev–Trinajstić information content (AvgIpc) is 3.06. The lowest BCUT2D eigenvalue weighted by atomic mass is 10.1. The van der Waals surface area contributed by atoms with E-state index in [4.69, 9.17) is 0 Å². The van der Waals surface area contributed by atoms with E-state index < -0.39 is 11.8 Å². The summed E-state index contributed by atoms with van der Waals surface area (Å²) in [5, 5.41) is 11.1. The van der Waals surface area contributed by atoms with Crippen LogP contribution in [0.3, 0.4) is 0 Å². The van der Waals surface area contributed by atoms with Gasteiger partial charge in [0.1, 0.15) is 24.5 Å². The molecule has 0 unspecified atom stereocenters. The highest BCUT2D eigenvalue weighted by molar-refractivity contribution is 5.97. The summed E-state index contributed by atoms with van der Waals surface area (Å²) in [5.41, 5.74) is 9.49. The molecule has 4 heterocycles. The van der Waals surface area contributed by atoms with Crippen LogP contribution >= 0.6 is 0 Å². The Morgan fingerprint density at radius 1 is 0.659 bits per heavy atom. The molecule has 0 radical (unpaired) electrons. The highest BCUT2D eigenvalue weighted by Crippen LogP contribution is 2.14. The van der Waals surface area contributed by atoms with Gasteiger partial charge in [0.15, 0.2) is 18.0 Å². The third kappa shape index (κ3) is 6.00. The van der Waals surface area contributed by atoms with Gasteiger partial charge in [-0.2, -0.15) is 19.3 Å². The molecule has 0 saturated carbocycles. The van der Waals surface area contributed by atoms with Crippen molar-refractivity contribution in [1.82, 2.24) is 20.8 Å². The minimum absolute atomic E-state index is 0.126. The van der Waals surface area contributed by atoms with Crippen molar-refractivity contribution in [1.29, 1.82) is 0 Å². The number of carbonyl (C=O) groups is 2. The van der Waals surface area contributed by atoms with Crippen molar-refractivity contribution in [2.45, 2.75) is 26.9 Å². The molecule has 0 saturated heterocycles. The second-order valence-electron chi connectivity index (χ2n) is 10.1. The lowest BCUT2D eigenvalue weighted by Gasteiger charge is -2.04. The summed E-state index contributed by atoms with van der Waals surface area (Å²) in [4.78, 5) is 34.2. The van der Waals surface area contributed by atoms with Crippen LogP contribution < -0.4 is 20.0 Å². The largest absolute Gasteiger partial charge is 0.290 e. The fourth-order valence-electron chi connectivity index (χ4n) is 5.01. The number of nitrogens with one attached hydrogen (secondary N) is 2. The number of nitrogens with zero attached hydrogens (tertiary/aromatic N) is 6. The molecule has 2 aromatic carbocycles. The topological polar surface area (TPSA) is 116 Å². The number of aryl methyl sites for hydroxylation is 2. The molecule has 10 nitrogen and oxygen atoms in total. The number of rotatable bonds is 8. The van der Waals surface area contributed by atoms with Crippen molar-refractivity contribution in [2.75, 3.05) is 0 Å². The van der Waals surface area contributed by atoms with Gasteiger partial charge in [0.25, 0.3) is 11.8 Å². The Balaban J connectivity index is 1.11. The number of hydrogen-bond donors (Lipinski definition) is 2. The van der Waals surface area contributed by atoms with Crippen LogP contribution in [-0.4, -0.2) is 34.2 Å². The molecule has 0 aliphatic carbocycles. The number of amides is 2. The molecule has 6 rings (SSSR count). The zero-order valence-electron chi connectivity index (χ0n) is 24.3. The van der Waals surface area contributed by atoms with E-state index in [2.05, 4.69) is 54.0 Å². The van der Waals surface area contributed by atoms with Crippen LogP contribution in [0.5, 0.6) is 0 Å². The molecule has 0 spiro atoms. The second-order valence-corrected chi connectivity index (χ2v) is 10.1. The van der Waals surface area contributed by atoms with E-state index in [1.165, 1.54) is 0 Å². The highest BCUT2D eigenvalue weighted by Gasteiger charge is 2.12. The van der Waals surface area contributed by atoms with Crippen molar-refractivity contribution in [3.63, 3.8) is 0 Å². The summed E-state index contributed by atoms with van der Waals surface area (Å²) >= 11 is 0. The Morgan fingerprint density at radius 3 is 1.59 bits per heavy atom. The molecule has 4 aromatic heterocycles. The molecule has 0 aliphatic heterocycles. The van der Waals surface area contributed by atoms with Crippen molar-refractivity contribution in [3.8, 4) is 0 Å². The fourth-order valence-corrected chi connectivity index (χ4v) is 5.01. The molecule has 44 heavy (non-hydrogen) atoms. The minimum Gasteiger partial charge on any atom is -0.266 e. The van der Waals surface area contributed by atoms with Gasteiger partial charge in [0.05, 0.1) is 12.4 Å². The van der Waals surface area contributed by atoms with Crippen molar-refractivity contribution in [2.24, 2.45) is 10.2 Å². The Kier molecular flexibility index (Phi) is 8.04. The van der Waals surface area contributed by atoms with E-state index in [0.717, 1.165) is 46.0 Å². The predicted molar refractivity (Wildman–Crippen MR) is 169 cm³/mol. The number of fused-ring (bicyclic) bond motifs is 3. The quantitative estimate of drug-likeness (QED) is 0.160. The van der Waals surface area contributed by atoms with Gasteiger partial charge in [0, 0.05) is 40.4 Å². The average molecular weight is 583 g/mol. The molecule has 10 heteroatoms. The third-order valence-corrected chi connectivity index (χ3v) is 7.26. The van der Waals surface area contributed by atoms with E-state index in [0.29, 0.717) is 5.39 Å². The fraction of sp³-hybridized carbons (Fsp3) is 0.118. The third-order valence-electron chi connectivity index (χ3n) is 7.26. The van der Waals surface area contributed by atoms with Crippen LogP contribution in [-0.2, 0) is 13.1 Å². The number of aromatic nitrogens is 4. The van der Waals surface area contributed by atoms with E-state index in [1.54, 1.807) is 36.7 Å². The van der Waals surface area contributed by atoms with Crippen LogP contribution in [0.15, 0.2) is 108 Å². The first kappa shape index (κ1) is 28.2. The SMILES string of the molecule is CC[n+]1cccc2cc(C=NNC(=O)c3ccc4ccc(C(=O)NN=Cc5ccc6c(ccc[n+]6CC)c5)nc4n3)ccc21. The van der Waals surface area contributed by atoms with Crippen LogP contribution in [0.1, 0.15) is 46.0 Å². The van der Waals surface area contributed by atoms with Gasteiger partial charge in [-0.1, -0.05) is 0 Å². The van der Waals surface area contributed by atoms with Crippen LogP contribution in [0, 0.1) is 0 Å². The van der Waals surface area contributed by atoms with Gasteiger partial charge >= 0.3 is 0 Å². The van der Waals surface area contributed by atoms with Gasteiger partial charge in [-0.15, -0.1) is 0 Å². The molecular weight excluding hydrogens is 552 g/mol. The first-order chi connectivity index (χ1) is 21.5. The van der Waals surface area contributed by atoms with E-state index in [9.17, 15) is 9.59 Å². The molecule has 216 valence electrons. The zero-order valence-corrected chi connectivity index (χ0v) is 24.3.